The molecule has 2 heterocycles. The summed E-state index contributed by atoms with van der Waals surface area (Å²) in [6.07, 6.45) is 1.95. The second kappa shape index (κ2) is 11.6. The van der Waals surface area contributed by atoms with Crippen LogP contribution in [0, 0.1) is 5.92 Å². The van der Waals surface area contributed by atoms with Gasteiger partial charge in [-0.15, -0.1) is 34.2 Å². The first kappa shape index (κ1) is 22.1. The monoisotopic (exact) mass is 494 g/mol. The molecule has 0 bridgehead atoms. The van der Waals surface area contributed by atoms with E-state index in [0.29, 0.717) is 25.7 Å². The van der Waals surface area contributed by atoms with Crippen molar-refractivity contribution in [3.05, 3.63) is 66.1 Å². The van der Waals surface area contributed by atoms with Crippen LogP contribution < -0.4 is 10.6 Å². The smallest absolute Gasteiger partial charge is 0.191 e. The Morgan fingerprint density at radius 2 is 1.89 bits per heavy atom. The molecule has 0 saturated carbocycles. The molecule has 7 nitrogen and oxygen atoms in total. The van der Waals surface area contributed by atoms with Crippen molar-refractivity contribution < 1.29 is 4.74 Å². The van der Waals surface area contributed by atoms with E-state index in [2.05, 4.69) is 44.9 Å². The lowest BCUT2D eigenvalue weighted by Gasteiger charge is -2.16. The number of aliphatic imine (C=N–C) groups is 1. The standard InChI is InChI=1S/C20H26N6O.HI/c1-16(14-27-15-17-8-4-3-5-9-17)12-22-20(21-2)23-13-19-25-24-18-10-6-7-11-26(18)19;/h3-11,16H,12-15H2,1-2H3,(H2,21,22,23);1H. The Kier molecular flexibility index (Phi) is 9.15. The van der Waals surface area contributed by atoms with E-state index in [1.54, 1.807) is 7.05 Å². The minimum Gasteiger partial charge on any atom is -0.376 e. The zero-order valence-electron chi connectivity index (χ0n) is 16.2. The summed E-state index contributed by atoms with van der Waals surface area (Å²) in [5, 5.41) is 15.0. The molecule has 1 aromatic carbocycles. The van der Waals surface area contributed by atoms with Gasteiger partial charge in [0, 0.05) is 19.8 Å². The second-order valence-corrected chi connectivity index (χ2v) is 6.46. The van der Waals surface area contributed by atoms with E-state index in [4.69, 9.17) is 4.74 Å². The van der Waals surface area contributed by atoms with Crippen LogP contribution in [-0.2, 0) is 17.9 Å². The van der Waals surface area contributed by atoms with Crippen LogP contribution in [0.4, 0.5) is 0 Å². The highest BCUT2D eigenvalue weighted by molar-refractivity contribution is 14.0. The fraction of sp³-hybridized carbons (Fsp3) is 0.350. The van der Waals surface area contributed by atoms with Gasteiger partial charge >= 0.3 is 0 Å². The summed E-state index contributed by atoms with van der Waals surface area (Å²) < 4.78 is 7.75. The maximum atomic E-state index is 5.79. The van der Waals surface area contributed by atoms with E-state index in [1.807, 2.05) is 47.0 Å². The van der Waals surface area contributed by atoms with Crippen LogP contribution in [0.2, 0.25) is 0 Å². The lowest BCUT2D eigenvalue weighted by molar-refractivity contribution is 0.0931. The first-order valence-electron chi connectivity index (χ1n) is 9.11. The van der Waals surface area contributed by atoms with Crippen molar-refractivity contribution in [3.8, 4) is 0 Å². The highest BCUT2D eigenvalue weighted by Crippen LogP contribution is 2.04. The third kappa shape index (κ3) is 6.45. The predicted octanol–water partition coefficient (Wildman–Crippen LogP) is 2.87. The van der Waals surface area contributed by atoms with Crippen molar-refractivity contribution in [2.24, 2.45) is 10.9 Å². The van der Waals surface area contributed by atoms with Gasteiger partial charge in [-0.1, -0.05) is 43.3 Å². The summed E-state index contributed by atoms with van der Waals surface area (Å²) >= 11 is 0. The van der Waals surface area contributed by atoms with Gasteiger partial charge < -0.3 is 15.4 Å². The predicted molar refractivity (Wildman–Crippen MR) is 122 cm³/mol. The topological polar surface area (TPSA) is 75.8 Å². The number of aromatic nitrogens is 3. The fourth-order valence-electron chi connectivity index (χ4n) is 2.68. The lowest BCUT2D eigenvalue weighted by atomic mass is 10.2. The van der Waals surface area contributed by atoms with Gasteiger partial charge in [-0.05, 0) is 23.6 Å². The SMILES string of the molecule is CN=C(NCc1nnc2ccccn12)NCC(C)COCc1ccccc1.I. The summed E-state index contributed by atoms with van der Waals surface area (Å²) in [5.74, 6) is 1.94. The third-order valence-corrected chi connectivity index (χ3v) is 4.15. The zero-order chi connectivity index (χ0) is 18.9. The Morgan fingerprint density at radius 3 is 2.68 bits per heavy atom. The molecule has 0 aliphatic carbocycles. The highest BCUT2D eigenvalue weighted by Gasteiger charge is 2.07. The van der Waals surface area contributed by atoms with Gasteiger partial charge in [0.2, 0.25) is 0 Å². The molecule has 3 rings (SSSR count). The number of nitrogens with one attached hydrogen (secondary N) is 2. The van der Waals surface area contributed by atoms with E-state index in [-0.39, 0.29) is 24.0 Å². The molecule has 3 aromatic rings. The number of nitrogens with zero attached hydrogens (tertiary/aromatic N) is 4. The Hall–Kier alpha value is -2.20. The minimum atomic E-state index is 0. The largest absolute Gasteiger partial charge is 0.376 e. The first-order chi connectivity index (χ1) is 13.3. The van der Waals surface area contributed by atoms with E-state index in [1.165, 1.54) is 5.56 Å². The molecule has 2 aromatic heterocycles. The summed E-state index contributed by atoms with van der Waals surface area (Å²) in [4.78, 5) is 4.26. The summed E-state index contributed by atoms with van der Waals surface area (Å²) in [7, 11) is 1.76. The van der Waals surface area contributed by atoms with Crippen molar-refractivity contribution >= 4 is 35.6 Å². The van der Waals surface area contributed by atoms with Crippen LogP contribution in [0.1, 0.15) is 18.3 Å². The molecule has 0 fully saturated rings. The number of guanidine groups is 1. The van der Waals surface area contributed by atoms with Crippen molar-refractivity contribution in [3.63, 3.8) is 0 Å². The normalized spacial score (nSPS) is 12.4. The molecule has 150 valence electrons. The van der Waals surface area contributed by atoms with Crippen molar-refractivity contribution in [2.45, 2.75) is 20.1 Å². The Bertz CT molecular complexity index is 867. The number of rotatable bonds is 8. The molecule has 28 heavy (non-hydrogen) atoms. The molecule has 1 unspecified atom stereocenters. The first-order valence-corrected chi connectivity index (χ1v) is 9.11. The minimum absolute atomic E-state index is 0. The van der Waals surface area contributed by atoms with E-state index >= 15 is 0 Å². The number of ether oxygens (including phenoxy) is 1. The molecule has 0 amide bonds. The number of halogens is 1. The summed E-state index contributed by atoms with van der Waals surface area (Å²) in [5.41, 5.74) is 2.03. The lowest BCUT2D eigenvalue weighted by Crippen LogP contribution is -2.40. The molecule has 0 radical (unpaired) electrons. The van der Waals surface area contributed by atoms with Crippen LogP contribution >= 0.6 is 24.0 Å². The third-order valence-electron chi connectivity index (χ3n) is 4.15. The molecule has 0 saturated heterocycles. The molecule has 0 aliphatic heterocycles. The van der Waals surface area contributed by atoms with Gasteiger partial charge in [-0.25, -0.2) is 0 Å². The molecular weight excluding hydrogens is 467 g/mol. The molecule has 2 N–H and O–H groups in total. The number of fused-ring (bicyclic) bond motifs is 1. The average molecular weight is 494 g/mol. The van der Waals surface area contributed by atoms with E-state index in [9.17, 15) is 0 Å². The van der Waals surface area contributed by atoms with Gasteiger partial charge in [0.05, 0.1) is 19.8 Å². The molecule has 8 heteroatoms. The van der Waals surface area contributed by atoms with Crippen LogP contribution in [0.3, 0.4) is 0 Å². The maximum Gasteiger partial charge on any atom is 0.191 e. The molecule has 0 spiro atoms. The maximum absolute atomic E-state index is 5.79. The Labute approximate surface area is 182 Å². The quantitative estimate of drug-likeness (QED) is 0.286. The number of pyridine rings is 1. The van der Waals surface area contributed by atoms with Crippen LogP contribution in [0.25, 0.3) is 5.65 Å². The molecule has 0 aliphatic rings. The molecule has 1 atom stereocenters. The van der Waals surface area contributed by atoms with Crippen molar-refractivity contribution in [1.82, 2.24) is 25.2 Å². The number of hydrogen-bond donors (Lipinski definition) is 2. The Morgan fingerprint density at radius 1 is 1.11 bits per heavy atom. The summed E-state index contributed by atoms with van der Waals surface area (Å²) in [6, 6.07) is 16.0. The highest BCUT2D eigenvalue weighted by atomic mass is 127. The van der Waals surface area contributed by atoms with Gasteiger partial charge in [0.1, 0.15) is 0 Å². The van der Waals surface area contributed by atoms with Crippen LogP contribution in [-0.4, -0.2) is 40.8 Å². The van der Waals surface area contributed by atoms with Crippen LogP contribution in [0.15, 0.2) is 59.7 Å². The van der Waals surface area contributed by atoms with E-state index < -0.39 is 0 Å². The number of hydrogen-bond acceptors (Lipinski definition) is 4. The van der Waals surface area contributed by atoms with Gasteiger partial charge in [-0.2, -0.15) is 0 Å². The molecular formula is C20H27IN6O. The van der Waals surface area contributed by atoms with Gasteiger partial charge in [-0.3, -0.25) is 9.39 Å². The zero-order valence-corrected chi connectivity index (χ0v) is 18.5. The fourth-order valence-corrected chi connectivity index (χ4v) is 2.68. The average Bonchev–Trinajstić information content (AvgIpc) is 3.12. The van der Waals surface area contributed by atoms with Crippen molar-refractivity contribution in [1.29, 1.82) is 0 Å². The summed E-state index contributed by atoms with van der Waals surface area (Å²) in [6.45, 7) is 4.79. The van der Waals surface area contributed by atoms with Crippen LogP contribution in [0.5, 0.6) is 0 Å². The van der Waals surface area contributed by atoms with Gasteiger partial charge in [0.25, 0.3) is 0 Å². The van der Waals surface area contributed by atoms with Crippen molar-refractivity contribution in [2.75, 3.05) is 20.2 Å². The van der Waals surface area contributed by atoms with E-state index in [0.717, 1.165) is 24.0 Å². The van der Waals surface area contributed by atoms with Gasteiger partial charge in [0.15, 0.2) is 17.4 Å². The second-order valence-electron chi connectivity index (χ2n) is 6.46. The Balaban J connectivity index is 0.00000280. The number of benzene rings is 1.